The Labute approximate surface area is 159 Å². The highest BCUT2D eigenvalue weighted by Gasteiger charge is 2.28. The number of carbonyl (C=O) groups is 1. The number of piperidine rings is 1. The first-order valence-electron chi connectivity index (χ1n) is 8.81. The Morgan fingerprint density at radius 2 is 2.00 bits per heavy atom. The maximum atomic E-state index is 12.3. The molecule has 1 amide bonds. The molecule has 6 N–H and O–H groups in total. The summed E-state index contributed by atoms with van der Waals surface area (Å²) in [4.78, 5) is 21.7. The lowest BCUT2D eigenvalue weighted by atomic mass is 10.1. The van der Waals surface area contributed by atoms with E-state index in [1.165, 1.54) is 0 Å². The summed E-state index contributed by atoms with van der Waals surface area (Å²) in [5.74, 6) is 0.429. The van der Waals surface area contributed by atoms with Crippen LogP contribution in [0.2, 0.25) is 0 Å². The molecular weight excluding hydrogens is 348 g/mol. The lowest BCUT2D eigenvalue weighted by molar-refractivity contribution is 0.00776. The lowest BCUT2D eigenvalue weighted by Crippen LogP contribution is -2.46. The van der Waals surface area contributed by atoms with Gasteiger partial charge in [-0.05, 0) is 45.7 Å². The van der Waals surface area contributed by atoms with Crippen LogP contribution in [0.15, 0.2) is 34.3 Å². The largest absolute Gasteiger partial charge is 0.489 e. The summed E-state index contributed by atoms with van der Waals surface area (Å²) in [5, 5.41) is 0. The molecule has 1 aromatic rings. The number of benzene rings is 1. The molecule has 0 aromatic heterocycles. The predicted molar refractivity (Wildman–Crippen MR) is 105 cm³/mol. The van der Waals surface area contributed by atoms with Gasteiger partial charge in [0.2, 0.25) is 5.96 Å². The average Bonchev–Trinajstić information content (AvgIpc) is 2.53. The smallest absolute Gasteiger partial charge is 0.410 e. The van der Waals surface area contributed by atoms with Crippen LogP contribution in [0.1, 0.15) is 33.6 Å². The van der Waals surface area contributed by atoms with Crippen LogP contribution in [0.5, 0.6) is 5.75 Å². The minimum atomic E-state index is -0.521. The lowest BCUT2D eigenvalue weighted by Gasteiger charge is -2.34. The molecule has 0 saturated carbocycles. The third-order valence-electron chi connectivity index (χ3n) is 3.64. The molecule has 1 heterocycles. The molecule has 0 radical (unpaired) electrons. The van der Waals surface area contributed by atoms with Gasteiger partial charge in [0.1, 0.15) is 17.5 Å². The second-order valence-electron chi connectivity index (χ2n) is 7.31. The number of rotatable bonds is 3. The van der Waals surface area contributed by atoms with Gasteiger partial charge in [0.15, 0.2) is 5.96 Å². The van der Waals surface area contributed by atoms with E-state index in [4.69, 9.17) is 26.7 Å². The number of hydrogen-bond acceptors (Lipinski definition) is 4. The molecule has 9 nitrogen and oxygen atoms in total. The van der Waals surface area contributed by atoms with E-state index in [1.54, 1.807) is 23.1 Å². The molecule has 1 saturated heterocycles. The molecule has 148 valence electrons. The average molecular weight is 376 g/mol. The number of aliphatic imine (C=N–C) groups is 2. The highest BCUT2D eigenvalue weighted by atomic mass is 16.6. The fourth-order valence-electron chi connectivity index (χ4n) is 2.64. The Bertz CT molecular complexity index is 722. The van der Waals surface area contributed by atoms with Crippen molar-refractivity contribution in [2.24, 2.45) is 27.2 Å². The van der Waals surface area contributed by atoms with Crippen LogP contribution >= 0.6 is 0 Å². The molecule has 1 atom stereocenters. The van der Waals surface area contributed by atoms with E-state index in [0.717, 1.165) is 12.8 Å². The fraction of sp³-hybridized carbons (Fsp3) is 0.500. The van der Waals surface area contributed by atoms with Gasteiger partial charge in [0, 0.05) is 12.6 Å². The molecule has 1 unspecified atom stereocenters. The summed E-state index contributed by atoms with van der Waals surface area (Å²) in [5.41, 5.74) is 16.2. The zero-order chi connectivity index (χ0) is 20.0. The maximum Gasteiger partial charge on any atom is 0.410 e. The van der Waals surface area contributed by atoms with E-state index in [0.29, 0.717) is 24.5 Å². The van der Waals surface area contributed by atoms with Crippen LogP contribution in [0.4, 0.5) is 10.5 Å². The van der Waals surface area contributed by atoms with E-state index >= 15 is 0 Å². The summed E-state index contributed by atoms with van der Waals surface area (Å²) >= 11 is 0. The first-order chi connectivity index (χ1) is 12.6. The number of amides is 1. The SMILES string of the molecule is CC(C)(C)OC(=O)N1CCCC(Oc2cccc(N=C(N)N=C(N)N)c2)C1. The molecule has 9 heteroatoms. The highest BCUT2D eigenvalue weighted by Crippen LogP contribution is 2.24. The minimum Gasteiger partial charge on any atom is -0.489 e. The van der Waals surface area contributed by atoms with Crippen molar-refractivity contribution in [2.45, 2.75) is 45.3 Å². The van der Waals surface area contributed by atoms with Crippen molar-refractivity contribution in [1.82, 2.24) is 4.90 Å². The second-order valence-corrected chi connectivity index (χ2v) is 7.31. The van der Waals surface area contributed by atoms with Gasteiger partial charge in [-0.2, -0.15) is 4.99 Å². The van der Waals surface area contributed by atoms with Crippen LogP contribution in [0.3, 0.4) is 0 Å². The molecular formula is C18H28N6O3. The first kappa shape index (κ1) is 20.3. The van der Waals surface area contributed by atoms with Crippen LogP contribution in [0.25, 0.3) is 0 Å². The number of carbonyl (C=O) groups excluding carboxylic acids is 1. The zero-order valence-electron chi connectivity index (χ0n) is 16.0. The molecule has 0 bridgehead atoms. The van der Waals surface area contributed by atoms with Crippen LogP contribution in [-0.2, 0) is 4.74 Å². The van der Waals surface area contributed by atoms with Crippen molar-refractivity contribution in [2.75, 3.05) is 13.1 Å². The number of ether oxygens (including phenoxy) is 2. The van der Waals surface area contributed by atoms with E-state index < -0.39 is 5.60 Å². The standard InChI is InChI=1S/C18H28N6O3/c1-18(2,3)27-17(25)24-9-5-8-14(11-24)26-13-7-4-6-12(10-13)22-16(21)23-15(19)20/h4,6-7,10,14H,5,8-9,11H2,1-3H3,(H6,19,20,21,22,23). The summed E-state index contributed by atoms with van der Waals surface area (Å²) in [7, 11) is 0. The Kier molecular flexibility index (Phi) is 6.49. The van der Waals surface area contributed by atoms with Gasteiger partial charge in [-0.25, -0.2) is 9.79 Å². The molecule has 0 spiro atoms. The highest BCUT2D eigenvalue weighted by molar-refractivity contribution is 5.93. The van der Waals surface area contributed by atoms with E-state index in [-0.39, 0.29) is 24.1 Å². The van der Waals surface area contributed by atoms with Crippen LogP contribution in [-0.4, -0.2) is 47.7 Å². The molecule has 1 fully saturated rings. The Hall–Kier alpha value is -2.97. The zero-order valence-corrected chi connectivity index (χ0v) is 16.0. The Morgan fingerprint density at radius 1 is 1.26 bits per heavy atom. The number of nitrogens with zero attached hydrogens (tertiary/aromatic N) is 3. The van der Waals surface area contributed by atoms with Gasteiger partial charge in [0.05, 0.1) is 12.2 Å². The van der Waals surface area contributed by atoms with Crippen molar-refractivity contribution in [3.63, 3.8) is 0 Å². The number of guanidine groups is 2. The molecule has 2 rings (SSSR count). The van der Waals surface area contributed by atoms with Crippen molar-refractivity contribution in [3.8, 4) is 5.75 Å². The molecule has 1 aliphatic heterocycles. The van der Waals surface area contributed by atoms with Gasteiger partial charge < -0.3 is 31.6 Å². The topological polar surface area (TPSA) is 142 Å². The molecule has 1 aliphatic rings. The normalized spacial score (nSPS) is 18.0. The summed E-state index contributed by atoms with van der Waals surface area (Å²) < 4.78 is 11.5. The first-order valence-corrected chi connectivity index (χ1v) is 8.81. The van der Waals surface area contributed by atoms with Gasteiger partial charge in [-0.15, -0.1) is 0 Å². The quantitative estimate of drug-likeness (QED) is 0.541. The van der Waals surface area contributed by atoms with Crippen LogP contribution in [0, 0.1) is 0 Å². The predicted octanol–water partition coefficient (Wildman–Crippen LogP) is 1.68. The van der Waals surface area contributed by atoms with Crippen molar-refractivity contribution in [1.29, 1.82) is 0 Å². The number of hydrogen-bond donors (Lipinski definition) is 3. The third kappa shape index (κ3) is 7.04. The molecule has 27 heavy (non-hydrogen) atoms. The third-order valence-corrected chi connectivity index (χ3v) is 3.64. The number of nitrogens with two attached hydrogens (primary N) is 3. The Balaban J connectivity index is 2.01. The summed E-state index contributed by atoms with van der Waals surface area (Å²) in [6.45, 7) is 6.68. The van der Waals surface area contributed by atoms with Gasteiger partial charge in [-0.1, -0.05) is 6.07 Å². The minimum absolute atomic E-state index is 0.0408. The van der Waals surface area contributed by atoms with E-state index in [2.05, 4.69) is 9.98 Å². The molecule has 1 aromatic carbocycles. The monoisotopic (exact) mass is 376 g/mol. The second kappa shape index (κ2) is 8.61. The summed E-state index contributed by atoms with van der Waals surface area (Å²) in [6, 6.07) is 7.12. The molecule has 0 aliphatic carbocycles. The van der Waals surface area contributed by atoms with Gasteiger partial charge in [-0.3, -0.25) is 0 Å². The van der Waals surface area contributed by atoms with Crippen molar-refractivity contribution in [3.05, 3.63) is 24.3 Å². The van der Waals surface area contributed by atoms with Gasteiger partial charge >= 0.3 is 6.09 Å². The maximum absolute atomic E-state index is 12.3. The van der Waals surface area contributed by atoms with E-state index in [1.807, 2.05) is 26.8 Å². The van der Waals surface area contributed by atoms with Crippen molar-refractivity contribution < 1.29 is 14.3 Å². The fourth-order valence-corrected chi connectivity index (χ4v) is 2.64. The van der Waals surface area contributed by atoms with Gasteiger partial charge in [0.25, 0.3) is 0 Å². The van der Waals surface area contributed by atoms with E-state index in [9.17, 15) is 4.79 Å². The van der Waals surface area contributed by atoms with Crippen molar-refractivity contribution >= 4 is 23.7 Å². The summed E-state index contributed by atoms with van der Waals surface area (Å²) in [6.07, 6.45) is 1.25. The number of likely N-dealkylation sites (tertiary alicyclic amines) is 1. The Morgan fingerprint density at radius 3 is 2.67 bits per heavy atom. The van der Waals surface area contributed by atoms with Crippen LogP contribution < -0.4 is 21.9 Å².